The first kappa shape index (κ1) is 27.3. The molecule has 0 amide bonds. The molecule has 0 spiro atoms. The SMILES string of the molecule is CCNC(=NCCS(=O)Cc1ccccc1)NC(C)CCCN(CC)CC.I. The van der Waals surface area contributed by atoms with Crippen LogP contribution in [-0.2, 0) is 16.6 Å². The molecule has 1 rings (SSSR count). The number of rotatable bonds is 13. The van der Waals surface area contributed by atoms with Crippen LogP contribution in [0.3, 0.4) is 0 Å². The summed E-state index contributed by atoms with van der Waals surface area (Å²) in [5, 5.41) is 6.76. The minimum Gasteiger partial charge on any atom is -0.357 e. The minimum absolute atomic E-state index is 0. The third-order valence-electron chi connectivity index (χ3n) is 4.49. The second-order valence-corrected chi connectivity index (χ2v) is 8.33. The Hall–Kier alpha value is -0.670. The summed E-state index contributed by atoms with van der Waals surface area (Å²) >= 11 is 0. The lowest BCUT2D eigenvalue weighted by Gasteiger charge is -2.21. The molecule has 2 atom stereocenters. The zero-order valence-electron chi connectivity index (χ0n) is 17.9. The van der Waals surface area contributed by atoms with Crippen molar-refractivity contribution < 1.29 is 4.21 Å². The molecular weight excluding hydrogens is 483 g/mol. The Labute approximate surface area is 191 Å². The van der Waals surface area contributed by atoms with Crippen molar-refractivity contribution in [2.75, 3.05) is 38.5 Å². The van der Waals surface area contributed by atoms with Crippen molar-refractivity contribution in [2.24, 2.45) is 4.99 Å². The van der Waals surface area contributed by atoms with Crippen LogP contribution in [-0.4, -0.2) is 59.6 Å². The first-order valence-electron chi connectivity index (χ1n) is 10.2. The van der Waals surface area contributed by atoms with Crippen molar-refractivity contribution >= 4 is 40.7 Å². The fraction of sp³-hybridized carbons (Fsp3) is 0.667. The van der Waals surface area contributed by atoms with E-state index < -0.39 is 10.8 Å². The van der Waals surface area contributed by atoms with Gasteiger partial charge in [-0.1, -0.05) is 44.2 Å². The van der Waals surface area contributed by atoms with Gasteiger partial charge in [0.15, 0.2) is 5.96 Å². The van der Waals surface area contributed by atoms with Gasteiger partial charge in [0.25, 0.3) is 0 Å². The van der Waals surface area contributed by atoms with Crippen molar-refractivity contribution in [3.05, 3.63) is 35.9 Å². The molecule has 0 aliphatic carbocycles. The Bertz CT molecular complexity index is 553. The summed E-state index contributed by atoms with van der Waals surface area (Å²) in [5.41, 5.74) is 1.12. The van der Waals surface area contributed by atoms with Crippen molar-refractivity contribution in [1.82, 2.24) is 15.5 Å². The fourth-order valence-corrected chi connectivity index (χ4v) is 3.88. The predicted molar refractivity (Wildman–Crippen MR) is 134 cm³/mol. The Morgan fingerprint density at radius 1 is 1.18 bits per heavy atom. The van der Waals surface area contributed by atoms with Crippen LogP contribution in [0, 0.1) is 0 Å². The number of halogens is 1. The van der Waals surface area contributed by atoms with Gasteiger partial charge in [-0.05, 0) is 51.9 Å². The smallest absolute Gasteiger partial charge is 0.191 e. The third kappa shape index (κ3) is 12.7. The first-order valence-corrected chi connectivity index (χ1v) is 11.7. The van der Waals surface area contributed by atoms with Gasteiger partial charge in [0.05, 0.1) is 6.54 Å². The van der Waals surface area contributed by atoms with Crippen LogP contribution in [0.4, 0.5) is 0 Å². The van der Waals surface area contributed by atoms with Crippen molar-refractivity contribution in [1.29, 1.82) is 0 Å². The van der Waals surface area contributed by atoms with E-state index in [0.29, 0.717) is 24.1 Å². The maximum absolute atomic E-state index is 12.2. The van der Waals surface area contributed by atoms with Crippen LogP contribution in [0.2, 0.25) is 0 Å². The lowest BCUT2D eigenvalue weighted by Crippen LogP contribution is -2.42. The Kier molecular flexibility index (Phi) is 16.8. The average Bonchev–Trinajstić information content (AvgIpc) is 2.66. The van der Waals surface area contributed by atoms with E-state index in [2.05, 4.69) is 48.2 Å². The molecule has 0 fully saturated rings. The van der Waals surface area contributed by atoms with Crippen LogP contribution in [0.25, 0.3) is 0 Å². The van der Waals surface area contributed by atoms with Gasteiger partial charge in [-0.2, -0.15) is 0 Å². The molecule has 2 N–H and O–H groups in total. The predicted octanol–water partition coefficient (Wildman–Crippen LogP) is 3.62. The molecule has 0 heterocycles. The van der Waals surface area contributed by atoms with Crippen LogP contribution in [0.15, 0.2) is 35.3 Å². The van der Waals surface area contributed by atoms with E-state index in [1.165, 1.54) is 6.42 Å². The number of nitrogens with one attached hydrogen (secondary N) is 2. The standard InChI is InChI=1S/C21H38N4OS.HI/c1-5-22-21(24-19(4)12-11-16-25(6-2)7-3)23-15-17-27(26)18-20-13-9-8-10-14-20;/h8-10,13-14,19H,5-7,11-12,15-18H2,1-4H3,(H2,22,23,24);1H. The van der Waals surface area contributed by atoms with Crippen molar-refractivity contribution in [2.45, 2.75) is 52.3 Å². The average molecular weight is 523 g/mol. The summed E-state index contributed by atoms with van der Waals surface area (Å²) in [6.07, 6.45) is 2.29. The molecule has 28 heavy (non-hydrogen) atoms. The molecule has 0 saturated heterocycles. The summed E-state index contributed by atoms with van der Waals surface area (Å²) in [6.45, 7) is 13.5. The largest absolute Gasteiger partial charge is 0.357 e. The summed E-state index contributed by atoms with van der Waals surface area (Å²) in [4.78, 5) is 7.05. The molecule has 1 aromatic carbocycles. The summed E-state index contributed by atoms with van der Waals surface area (Å²) in [7, 11) is -0.885. The molecule has 2 unspecified atom stereocenters. The van der Waals surface area contributed by atoms with E-state index in [1.807, 2.05) is 30.3 Å². The number of guanidine groups is 1. The van der Waals surface area contributed by atoms with E-state index in [0.717, 1.165) is 44.1 Å². The van der Waals surface area contributed by atoms with Gasteiger partial charge in [-0.15, -0.1) is 24.0 Å². The van der Waals surface area contributed by atoms with Gasteiger partial charge in [0.1, 0.15) is 0 Å². The lowest BCUT2D eigenvalue weighted by atomic mass is 10.2. The number of benzene rings is 1. The van der Waals surface area contributed by atoms with Crippen molar-refractivity contribution in [3.63, 3.8) is 0 Å². The molecule has 0 aliphatic rings. The lowest BCUT2D eigenvalue weighted by molar-refractivity contribution is 0.292. The summed E-state index contributed by atoms with van der Waals surface area (Å²) in [6, 6.07) is 10.4. The second kappa shape index (κ2) is 17.2. The van der Waals surface area contributed by atoms with E-state index in [-0.39, 0.29) is 24.0 Å². The molecule has 162 valence electrons. The monoisotopic (exact) mass is 522 g/mol. The van der Waals surface area contributed by atoms with Crippen LogP contribution < -0.4 is 10.6 Å². The Balaban J connectivity index is 0.00000729. The third-order valence-corrected chi connectivity index (χ3v) is 5.79. The fourth-order valence-electron chi connectivity index (χ4n) is 2.88. The first-order chi connectivity index (χ1) is 13.1. The molecule has 0 bridgehead atoms. The highest BCUT2D eigenvalue weighted by Gasteiger charge is 2.07. The minimum atomic E-state index is -0.885. The summed E-state index contributed by atoms with van der Waals surface area (Å²) in [5.74, 6) is 2.01. The van der Waals surface area contributed by atoms with E-state index >= 15 is 0 Å². The summed E-state index contributed by atoms with van der Waals surface area (Å²) < 4.78 is 12.2. The van der Waals surface area contributed by atoms with Gasteiger partial charge in [-0.25, -0.2) is 0 Å². The second-order valence-electron chi connectivity index (χ2n) is 6.75. The maximum Gasteiger partial charge on any atom is 0.191 e. The molecule has 0 radical (unpaired) electrons. The van der Waals surface area contributed by atoms with Gasteiger partial charge in [0.2, 0.25) is 0 Å². The van der Waals surface area contributed by atoms with E-state index in [4.69, 9.17) is 0 Å². The van der Waals surface area contributed by atoms with Crippen LogP contribution in [0.1, 0.15) is 46.1 Å². The highest BCUT2D eigenvalue weighted by molar-refractivity contribution is 14.0. The van der Waals surface area contributed by atoms with E-state index in [1.54, 1.807) is 0 Å². The maximum atomic E-state index is 12.2. The van der Waals surface area contributed by atoms with Crippen LogP contribution in [0.5, 0.6) is 0 Å². The van der Waals surface area contributed by atoms with Gasteiger partial charge in [-0.3, -0.25) is 9.20 Å². The topological polar surface area (TPSA) is 56.7 Å². The van der Waals surface area contributed by atoms with Crippen LogP contribution >= 0.6 is 24.0 Å². The molecule has 5 nitrogen and oxygen atoms in total. The quantitative estimate of drug-likeness (QED) is 0.236. The van der Waals surface area contributed by atoms with E-state index in [9.17, 15) is 4.21 Å². The number of nitrogens with zero attached hydrogens (tertiary/aromatic N) is 2. The van der Waals surface area contributed by atoms with Gasteiger partial charge < -0.3 is 15.5 Å². The number of hydrogen-bond acceptors (Lipinski definition) is 3. The number of aliphatic imine (C=N–C) groups is 1. The van der Waals surface area contributed by atoms with Gasteiger partial charge >= 0.3 is 0 Å². The molecule has 0 aliphatic heterocycles. The van der Waals surface area contributed by atoms with Gasteiger partial charge in [0, 0.05) is 34.9 Å². The zero-order chi connectivity index (χ0) is 19.9. The Morgan fingerprint density at radius 3 is 2.46 bits per heavy atom. The zero-order valence-corrected chi connectivity index (χ0v) is 21.1. The molecule has 1 aromatic rings. The Morgan fingerprint density at radius 2 is 1.86 bits per heavy atom. The number of hydrogen-bond donors (Lipinski definition) is 2. The normalized spacial score (nSPS) is 13.7. The molecule has 0 aromatic heterocycles. The molecule has 0 saturated carbocycles. The highest BCUT2D eigenvalue weighted by Crippen LogP contribution is 2.03. The molecular formula is C21H39IN4OS. The highest BCUT2D eigenvalue weighted by atomic mass is 127. The molecule has 7 heteroatoms. The van der Waals surface area contributed by atoms with Crippen molar-refractivity contribution in [3.8, 4) is 0 Å².